The lowest BCUT2D eigenvalue weighted by molar-refractivity contribution is -0.402. The molecule has 2 aromatic carbocycles. The summed E-state index contributed by atoms with van der Waals surface area (Å²) in [6.45, 7) is 2.02. The SMILES string of the molecule is Cc1ccc2ccccc2c1C(Br)c1ccc([N+](=O)[O-])o1. The zero-order valence-corrected chi connectivity index (χ0v) is 12.8. The molecule has 0 spiro atoms. The Kier molecular flexibility index (Phi) is 3.51. The van der Waals surface area contributed by atoms with Gasteiger partial charge in [-0.1, -0.05) is 52.3 Å². The van der Waals surface area contributed by atoms with Crippen LogP contribution in [0.25, 0.3) is 10.8 Å². The molecule has 5 heteroatoms. The lowest BCUT2D eigenvalue weighted by atomic mass is 9.96. The van der Waals surface area contributed by atoms with Crippen LogP contribution in [0.4, 0.5) is 5.88 Å². The van der Waals surface area contributed by atoms with Crippen molar-refractivity contribution in [2.75, 3.05) is 0 Å². The Morgan fingerprint density at radius 1 is 1.14 bits per heavy atom. The first kappa shape index (κ1) is 13.8. The van der Waals surface area contributed by atoms with Crippen molar-refractivity contribution in [3.63, 3.8) is 0 Å². The first-order chi connectivity index (χ1) is 10.1. The summed E-state index contributed by atoms with van der Waals surface area (Å²) in [4.78, 5) is 10.00. The van der Waals surface area contributed by atoms with E-state index in [2.05, 4.69) is 22.0 Å². The van der Waals surface area contributed by atoms with E-state index < -0.39 is 4.92 Å². The van der Waals surface area contributed by atoms with Gasteiger partial charge in [0.2, 0.25) is 0 Å². The molecule has 1 aromatic heterocycles. The van der Waals surface area contributed by atoms with Gasteiger partial charge in [0.1, 0.15) is 10.7 Å². The summed E-state index contributed by atoms with van der Waals surface area (Å²) in [7, 11) is 0. The van der Waals surface area contributed by atoms with Crippen molar-refractivity contribution in [1.29, 1.82) is 0 Å². The van der Waals surface area contributed by atoms with Crippen molar-refractivity contribution < 1.29 is 9.34 Å². The fourth-order valence-electron chi connectivity index (χ4n) is 2.46. The van der Waals surface area contributed by atoms with E-state index in [0.717, 1.165) is 21.9 Å². The van der Waals surface area contributed by atoms with E-state index in [-0.39, 0.29) is 10.7 Å². The minimum Gasteiger partial charge on any atom is -0.404 e. The maximum Gasteiger partial charge on any atom is 0.433 e. The van der Waals surface area contributed by atoms with Crippen molar-refractivity contribution in [1.82, 2.24) is 0 Å². The van der Waals surface area contributed by atoms with Crippen molar-refractivity contribution >= 4 is 32.6 Å². The number of rotatable bonds is 3. The van der Waals surface area contributed by atoms with Gasteiger partial charge in [-0.3, -0.25) is 10.1 Å². The Morgan fingerprint density at radius 2 is 1.90 bits per heavy atom. The quantitative estimate of drug-likeness (QED) is 0.375. The molecular weight excluding hydrogens is 334 g/mol. The van der Waals surface area contributed by atoms with Gasteiger partial charge in [-0.15, -0.1) is 0 Å². The summed E-state index contributed by atoms with van der Waals surface area (Å²) in [5.74, 6) is 0.286. The van der Waals surface area contributed by atoms with Crippen LogP contribution in [0.15, 0.2) is 52.9 Å². The van der Waals surface area contributed by atoms with E-state index >= 15 is 0 Å². The fraction of sp³-hybridized carbons (Fsp3) is 0.125. The van der Waals surface area contributed by atoms with Gasteiger partial charge in [0.05, 0.1) is 10.9 Å². The van der Waals surface area contributed by atoms with Crippen LogP contribution in [0.3, 0.4) is 0 Å². The van der Waals surface area contributed by atoms with Gasteiger partial charge >= 0.3 is 5.88 Å². The van der Waals surface area contributed by atoms with Crippen LogP contribution in [0, 0.1) is 17.0 Å². The number of hydrogen-bond acceptors (Lipinski definition) is 3. The smallest absolute Gasteiger partial charge is 0.404 e. The van der Waals surface area contributed by atoms with E-state index in [1.165, 1.54) is 6.07 Å². The van der Waals surface area contributed by atoms with Gasteiger partial charge < -0.3 is 4.42 Å². The number of nitrogens with zero attached hydrogens (tertiary/aromatic N) is 1. The number of fused-ring (bicyclic) bond motifs is 1. The number of halogens is 1. The normalized spacial score (nSPS) is 12.5. The van der Waals surface area contributed by atoms with Crippen LogP contribution in [0.1, 0.15) is 21.7 Å². The standard InChI is InChI=1S/C16H12BrNO3/c1-10-6-7-11-4-2-3-5-12(11)15(10)16(17)13-8-9-14(21-13)18(19)20/h2-9,16H,1H3. The van der Waals surface area contributed by atoms with Crippen molar-refractivity contribution in [2.45, 2.75) is 11.8 Å². The lowest BCUT2D eigenvalue weighted by Gasteiger charge is -2.14. The zero-order valence-electron chi connectivity index (χ0n) is 11.2. The molecule has 0 aliphatic rings. The average molecular weight is 346 g/mol. The molecule has 1 heterocycles. The van der Waals surface area contributed by atoms with E-state index in [1.54, 1.807) is 6.07 Å². The fourth-order valence-corrected chi connectivity index (χ4v) is 3.31. The van der Waals surface area contributed by atoms with Crippen LogP contribution < -0.4 is 0 Å². The molecule has 21 heavy (non-hydrogen) atoms. The number of hydrogen-bond donors (Lipinski definition) is 0. The Hall–Kier alpha value is -2.14. The largest absolute Gasteiger partial charge is 0.433 e. The number of furan rings is 1. The summed E-state index contributed by atoms with van der Waals surface area (Å²) < 4.78 is 5.32. The van der Waals surface area contributed by atoms with Crippen molar-refractivity contribution in [2.24, 2.45) is 0 Å². The molecule has 106 valence electrons. The third kappa shape index (κ3) is 2.45. The number of aryl methyl sites for hydroxylation is 1. The summed E-state index contributed by atoms with van der Waals surface area (Å²) >= 11 is 3.61. The zero-order chi connectivity index (χ0) is 15.0. The van der Waals surface area contributed by atoms with E-state index in [4.69, 9.17) is 4.42 Å². The predicted molar refractivity (Wildman–Crippen MR) is 84.8 cm³/mol. The second-order valence-corrected chi connectivity index (χ2v) is 5.73. The van der Waals surface area contributed by atoms with E-state index in [9.17, 15) is 10.1 Å². The lowest BCUT2D eigenvalue weighted by Crippen LogP contribution is -1.96. The first-order valence-electron chi connectivity index (χ1n) is 6.44. The molecule has 0 bridgehead atoms. The minimum absolute atomic E-state index is 0.225. The summed E-state index contributed by atoms with van der Waals surface area (Å²) in [5.41, 5.74) is 2.17. The maximum atomic E-state index is 10.7. The third-order valence-electron chi connectivity index (χ3n) is 3.48. The number of nitro groups is 1. The summed E-state index contributed by atoms with van der Waals surface area (Å²) in [5, 5.41) is 13.0. The molecule has 0 saturated carbocycles. The Labute approximate surface area is 129 Å². The molecular formula is C16H12BrNO3. The second-order valence-electron chi connectivity index (χ2n) is 4.81. The molecule has 3 rings (SSSR count). The minimum atomic E-state index is -0.529. The molecule has 3 aromatic rings. The van der Waals surface area contributed by atoms with E-state index in [0.29, 0.717) is 5.76 Å². The summed E-state index contributed by atoms with van der Waals surface area (Å²) in [6, 6.07) is 15.2. The van der Waals surface area contributed by atoms with Gasteiger partial charge in [-0.25, -0.2) is 0 Å². The highest BCUT2D eigenvalue weighted by molar-refractivity contribution is 9.09. The maximum absolute atomic E-state index is 10.7. The molecule has 0 aliphatic heterocycles. The topological polar surface area (TPSA) is 56.3 Å². The Bertz CT molecular complexity index is 825. The highest BCUT2D eigenvalue weighted by Crippen LogP contribution is 2.39. The summed E-state index contributed by atoms with van der Waals surface area (Å²) in [6.07, 6.45) is 0. The molecule has 0 aliphatic carbocycles. The molecule has 1 unspecified atom stereocenters. The molecule has 0 N–H and O–H groups in total. The molecule has 4 nitrogen and oxygen atoms in total. The first-order valence-corrected chi connectivity index (χ1v) is 7.36. The van der Waals surface area contributed by atoms with Gasteiger partial charge in [0.15, 0.2) is 0 Å². The second kappa shape index (κ2) is 5.33. The van der Waals surface area contributed by atoms with Crippen LogP contribution in [0.2, 0.25) is 0 Å². The number of benzene rings is 2. The van der Waals surface area contributed by atoms with Crippen LogP contribution in [0.5, 0.6) is 0 Å². The van der Waals surface area contributed by atoms with Crippen LogP contribution >= 0.6 is 15.9 Å². The molecule has 0 fully saturated rings. The molecule has 0 saturated heterocycles. The highest BCUT2D eigenvalue weighted by atomic mass is 79.9. The van der Waals surface area contributed by atoms with Gasteiger partial charge in [-0.05, 0) is 34.9 Å². The Balaban J connectivity index is 2.14. The highest BCUT2D eigenvalue weighted by Gasteiger charge is 2.22. The number of alkyl halides is 1. The van der Waals surface area contributed by atoms with Crippen molar-refractivity contribution in [3.8, 4) is 0 Å². The van der Waals surface area contributed by atoms with E-state index in [1.807, 2.05) is 37.3 Å². The molecule has 1 atom stereocenters. The third-order valence-corrected chi connectivity index (χ3v) is 4.39. The molecule has 0 radical (unpaired) electrons. The van der Waals surface area contributed by atoms with Gasteiger partial charge in [-0.2, -0.15) is 0 Å². The van der Waals surface area contributed by atoms with Crippen LogP contribution in [-0.2, 0) is 0 Å². The van der Waals surface area contributed by atoms with Gasteiger partial charge in [0.25, 0.3) is 0 Å². The Morgan fingerprint density at radius 3 is 2.62 bits per heavy atom. The average Bonchev–Trinajstić information content (AvgIpc) is 2.96. The van der Waals surface area contributed by atoms with Crippen LogP contribution in [-0.4, -0.2) is 4.92 Å². The monoisotopic (exact) mass is 345 g/mol. The predicted octanol–water partition coefficient (Wildman–Crippen LogP) is 5.13. The molecule has 0 amide bonds. The van der Waals surface area contributed by atoms with Gasteiger partial charge in [0, 0.05) is 0 Å². The van der Waals surface area contributed by atoms with Crippen molar-refractivity contribution in [3.05, 3.63) is 75.5 Å².